The summed E-state index contributed by atoms with van der Waals surface area (Å²) in [6.45, 7) is 4.22. The van der Waals surface area contributed by atoms with Crippen LogP contribution in [0.2, 0.25) is 0 Å². The fourth-order valence-corrected chi connectivity index (χ4v) is 7.62. The zero-order valence-corrected chi connectivity index (χ0v) is 39.7. The minimum Gasteiger partial charge on any atom is -0.353 e. The first-order valence-electron chi connectivity index (χ1n) is 23.1. The molecule has 3 aromatic rings. The molecule has 1 aliphatic rings. The molecule has 0 aliphatic heterocycles. The highest BCUT2D eigenvalue weighted by Gasteiger charge is 2.35. The molecule has 0 bridgehead atoms. The molecule has 1 aromatic heterocycles. The van der Waals surface area contributed by atoms with E-state index in [1.165, 1.54) is 54.6 Å². The van der Waals surface area contributed by atoms with Crippen molar-refractivity contribution in [1.82, 2.24) is 51.7 Å². The van der Waals surface area contributed by atoms with Crippen molar-refractivity contribution in [1.29, 1.82) is 0 Å². The summed E-state index contributed by atoms with van der Waals surface area (Å²) >= 11 is 0. The molecule has 1 fully saturated rings. The van der Waals surface area contributed by atoms with Crippen LogP contribution in [-0.4, -0.2) is 131 Å². The number of ketones is 1. The summed E-state index contributed by atoms with van der Waals surface area (Å²) in [5, 5.41) is 18.5. The Morgan fingerprint density at radius 1 is 0.783 bits per heavy atom. The van der Waals surface area contributed by atoms with E-state index in [0.717, 1.165) is 31.4 Å². The van der Waals surface area contributed by atoms with Crippen LogP contribution >= 0.6 is 0 Å². The zero-order chi connectivity index (χ0) is 50.5. The maximum absolute atomic E-state index is 13.9. The van der Waals surface area contributed by atoms with Crippen LogP contribution in [0.4, 0.5) is 14.9 Å². The van der Waals surface area contributed by atoms with Crippen molar-refractivity contribution in [2.24, 2.45) is 11.8 Å². The normalized spacial score (nSPS) is 14.1. The third-order valence-electron chi connectivity index (χ3n) is 11.4. The van der Waals surface area contributed by atoms with Crippen LogP contribution in [0.15, 0.2) is 73.2 Å². The average molecular weight is 958 g/mol. The smallest absolute Gasteiger partial charge is 0.321 e. The lowest BCUT2D eigenvalue weighted by Crippen LogP contribution is -2.58. The van der Waals surface area contributed by atoms with E-state index in [4.69, 9.17) is 0 Å². The number of carbonyl (C=O) groups excluding carboxylic acids is 9. The molecule has 1 saturated carbocycles. The van der Waals surface area contributed by atoms with Crippen LogP contribution in [0, 0.1) is 17.7 Å². The quantitative estimate of drug-likeness (QED) is 0.0641. The van der Waals surface area contributed by atoms with Gasteiger partial charge in [-0.15, -0.1) is 0 Å². The second-order valence-corrected chi connectivity index (χ2v) is 17.2. The summed E-state index contributed by atoms with van der Waals surface area (Å²) in [6, 6.07) is 8.45. The van der Waals surface area contributed by atoms with Crippen LogP contribution in [0.3, 0.4) is 0 Å². The Labute approximate surface area is 401 Å². The molecule has 0 radical (unpaired) electrons. The molecule has 2 aromatic carbocycles. The first-order valence-corrected chi connectivity index (χ1v) is 23.1. The predicted molar refractivity (Wildman–Crippen MR) is 252 cm³/mol. The molecule has 20 nitrogen and oxygen atoms in total. The summed E-state index contributed by atoms with van der Waals surface area (Å²) in [6.07, 6.45) is 8.48. The van der Waals surface area contributed by atoms with Crippen molar-refractivity contribution in [2.75, 3.05) is 45.6 Å². The summed E-state index contributed by atoms with van der Waals surface area (Å²) in [5.41, 5.74) is 0.808. The first-order chi connectivity index (χ1) is 33.0. The lowest BCUT2D eigenvalue weighted by atomic mass is 9.83. The van der Waals surface area contributed by atoms with Crippen LogP contribution < -0.4 is 37.2 Å². The van der Waals surface area contributed by atoms with Crippen LogP contribution in [0.5, 0.6) is 0 Å². The van der Waals surface area contributed by atoms with Gasteiger partial charge in [-0.3, -0.25) is 43.3 Å². The average Bonchev–Trinajstić information content (AvgIpc) is 3.34. The topological polar surface area (TPSA) is 270 Å². The largest absolute Gasteiger partial charge is 0.353 e. The van der Waals surface area contributed by atoms with Crippen molar-refractivity contribution < 1.29 is 47.5 Å². The second-order valence-electron chi connectivity index (χ2n) is 17.2. The summed E-state index contributed by atoms with van der Waals surface area (Å²) < 4.78 is 13.6. The van der Waals surface area contributed by atoms with E-state index in [1.54, 1.807) is 51.1 Å². The Morgan fingerprint density at radius 2 is 1.48 bits per heavy atom. The van der Waals surface area contributed by atoms with Crippen molar-refractivity contribution in [3.63, 3.8) is 0 Å². The van der Waals surface area contributed by atoms with Gasteiger partial charge in [0.2, 0.25) is 35.3 Å². The minimum atomic E-state index is -1.28. The number of amides is 9. The van der Waals surface area contributed by atoms with E-state index in [-0.39, 0.29) is 50.0 Å². The van der Waals surface area contributed by atoms with Gasteiger partial charge in [0.25, 0.3) is 11.8 Å². The van der Waals surface area contributed by atoms with Gasteiger partial charge in [-0.2, -0.15) is 0 Å². The number of Topliss-reactive ketones (excluding diaryl/α,β-unsaturated/α-hetero) is 1. The fourth-order valence-electron chi connectivity index (χ4n) is 7.62. The monoisotopic (exact) mass is 957 g/mol. The van der Waals surface area contributed by atoms with E-state index in [9.17, 15) is 47.5 Å². The zero-order valence-electron chi connectivity index (χ0n) is 39.7. The fraction of sp³-hybridized carbons (Fsp3) is 0.479. The molecule has 0 saturated heterocycles. The molecule has 69 heavy (non-hydrogen) atoms. The summed E-state index contributed by atoms with van der Waals surface area (Å²) in [7, 11) is 2.95. The highest BCUT2D eigenvalue weighted by atomic mass is 19.1. The number of aromatic nitrogens is 2. The third-order valence-corrected chi connectivity index (χ3v) is 11.4. The molecule has 0 unspecified atom stereocenters. The number of nitrogens with one attached hydrogen (secondary N) is 7. The number of rotatable bonds is 24. The highest BCUT2D eigenvalue weighted by molar-refractivity contribution is 6.38. The molecule has 9 amide bonds. The maximum Gasteiger partial charge on any atom is 0.321 e. The molecule has 0 spiro atoms. The standard InChI is InChI=1S/C48H64FN11O9/c1-6-13-35(42(63)46(67)53-29-38(62)56-41(47(68)59(4)5)32-18-20-33(49)21-19-32)55-37(61)22-26-60(48(69)54-34-16-11-8-12-17-34)27-25-52-44(65)39(30(2)3)57-45(66)40(31-14-9-7-10-15-31)58-43(64)36-28-50-23-24-51-36/h8,11-12,16-21,23-24,28,30-31,35,39-41H,6-7,9-10,13-15,22,25-27,29H2,1-5H3,(H,52,65)(H,53,67)(H,54,69)(H,55,61)(H,56,62)(H,57,66)(H,58,64)/t35-,39-,40-,41-/m0/s1. The number of hydrogen-bond donors (Lipinski definition) is 7. The van der Waals surface area contributed by atoms with Crippen LogP contribution in [0.1, 0.15) is 94.2 Å². The summed E-state index contributed by atoms with van der Waals surface area (Å²) in [4.78, 5) is 130. The summed E-state index contributed by atoms with van der Waals surface area (Å²) in [5.74, 6) is -6.88. The van der Waals surface area contributed by atoms with Crippen molar-refractivity contribution in [2.45, 2.75) is 96.3 Å². The Balaban J connectivity index is 1.36. The molecule has 7 N–H and O–H groups in total. The number of anilines is 1. The molecule has 372 valence electrons. The number of halogens is 1. The number of benzene rings is 2. The van der Waals surface area contributed by atoms with E-state index in [0.29, 0.717) is 30.5 Å². The molecular formula is C48H64FN11O9. The van der Waals surface area contributed by atoms with E-state index in [2.05, 4.69) is 47.2 Å². The lowest BCUT2D eigenvalue weighted by Gasteiger charge is -2.32. The van der Waals surface area contributed by atoms with E-state index in [1.807, 2.05) is 0 Å². The van der Waals surface area contributed by atoms with Gasteiger partial charge in [0.05, 0.1) is 18.8 Å². The van der Waals surface area contributed by atoms with Gasteiger partial charge in [-0.1, -0.05) is 76.8 Å². The van der Waals surface area contributed by atoms with Gasteiger partial charge >= 0.3 is 6.03 Å². The minimum absolute atomic E-state index is 0.0507. The molecular weight excluding hydrogens is 894 g/mol. The highest BCUT2D eigenvalue weighted by Crippen LogP contribution is 2.27. The van der Waals surface area contributed by atoms with Gasteiger partial charge in [0.1, 0.15) is 29.6 Å². The van der Waals surface area contributed by atoms with Gasteiger partial charge in [0, 0.05) is 58.2 Å². The Hall–Kier alpha value is -7.32. The van der Waals surface area contributed by atoms with Gasteiger partial charge in [-0.05, 0) is 60.9 Å². The molecule has 1 aliphatic carbocycles. The number of hydrogen-bond acceptors (Lipinski definition) is 11. The second kappa shape index (κ2) is 27.5. The maximum atomic E-state index is 13.9. The number of para-hydroxylation sites is 1. The van der Waals surface area contributed by atoms with Gasteiger partial charge in [-0.25, -0.2) is 14.2 Å². The van der Waals surface area contributed by atoms with Crippen LogP contribution in [-0.2, 0) is 33.6 Å². The van der Waals surface area contributed by atoms with E-state index < -0.39 is 89.7 Å². The Kier molecular flexibility index (Phi) is 21.6. The predicted octanol–water partition coefficient (Wildman–Crippen LogP) is 2.39. The van der Waals surface area contributed by atoms with Gasteiger partial charge in [0.15, 0.2) is 0 Å². The van der Waals surface area contributed by atoms with E-state index >= 15 is 0 Å². The van der Waals surface area contributed by atoms with Crippen molar-refractivity contribution in [3.05, 3.63) is 90.3 Å². The molecule has 1 heterocycles. The molecule has 4 rings (SSSR count). The Morgan fingerprint density at radius 3 is 2.10 bits per heavy atom. The van der Waals surface area contributed by atoms with Crippen molar-refractivity contribution >= 4 is 58.9 Å². The number of likely N-dealkylation sites (N-methyl/N-ethyl adjacent to an activating group) is 1. The SMILES string of the molecule is CCC[C@H](NC(=O)CCN(CCNC(=O)[C@@H](NC(=O)[C@@H](NC(=O)c1cnccn1)C1CCCCC1)C(C)C)C(=O)Nc1ccccc1)C(=O)C(=O)NCC(=O)N[C@H](C(=O)N(C)C)c1ccc(F)cc1. The molecule has 21 heteroatoms. The number of nitrogens with zero attached hydrogens (tertiary/aromatic N) is 4. The molecule has 4 atom stereocenters. The third kappa shape index (κ3) is 17.4. The Bertz CT molecular complexity index is 2230. The number of carbonyl (C=O) groups is 9. The van der Waals surface area contributed by atoms with Crippen molar-refractivity contribution in [3.8, 4) is 0 Å². The van der Waals surface area contributed by atoms with Gasteiger partial charge < -0.3 is 47.0 Å². The van der Waals surface area contributed by atoms with Crippen LogP contribution in [0.25, 0.3) is 0 Å². The number of urea groups is 1. The lowest BCUT2D eigenvalue weighted by molar-refractivity contribution is -0.141. The first kappa shape index (κ1) is 54.3.